The van der Waals surface area contributed by atoms with E-state index in [0.717, 1.165) is 6.42 Å². The molecule has 114 valence electrons. The number of benzene rings is 1. The zero-order valence-electron chi connectivity index (χ0n) is 12.8. The van der Waals surface area contributed by atoms with E-state index in [2.05, 4.69) is 6.07 Å². The maximum atomic E-state index is 12.2. The molecule has 0 aromatic heterocycles. The van der Waals surface area contributed by atoms with E-state index in [1.807, 2.05) is 25.1 Å². The van der Waals surface area contributed by atoms with E-state index in [0.29, 0.717) is 32.4 Å². The molecule has 1 N–H and O–H groups in total. The van der Waals surface area contributed by atoms with E-state index in [4.69, 9.17) is 0 Å². The minimum atomic E-state index is -0.755. The summed E-state index contributed by atoms with van der Waals surface area (Å²) in [6.45, 7) is 4.91. The summed E-state index contributed by atoms with van der Waals surface area (Å²) < 4.78 is 0. The molecule has 0 unspecified atom stereocenters. The monoisotopic (exact) mass is 289 g/mol. The first-order valence-electron chi connectivity index (χ1n) is 7.47. The lowest BCUT2D eigenvalue weighted by atomic mass is 9.80. The van der Waals surface area contributed by atoms with Gasteiger partial charge < -0.3 is 10.0 Å². The first kappa shape index (κ1) is 15.5. The van der Waals surface area contributed by atoms with Crippen molar-refractivity contribution in [2.45, 2.75) is 39.5 Å². The van der Waals surface area contributed by atoms with E-state index in [1.165, 1.54) is 11.1 Å². The largest absolute Gasteiger partial charge is 0.481 e. The number of aliphatic carboxylic acids is 1. The Morgan fingerprint density at radius 1 is 1.29 bits per heavy atom. The Morgan fingerprint density at radius 3 is 2.52 bits per heavy atom. The molecule has 0 bridgehead atoms. The zero-order valence-corrected chi connectivity index (χ0v) is 12.8. The third kappa shape index (κ3) is 3.84. The standard InChI is InChI=1S/C17H23NO3/c1-13-4-3-5-14(12-13)6-7-15(19)18-10-8-17(2,9-11-18)16(20)21/h3-5,12H,6-11H2,1-2H3,(H,20,21). The van der Waals surface area contributed by atoms with Crippen molar-refractivity contribution < 1.29 is 14.7 Å². The Balaban J connectivity index is 1.84. The highest BCUT2D eigenvalue weighted by Crippen LogP contribution is 2.31. The third-order valence-electron chi connectivity index (χ3n) is 4.45. The number of rotatable bonds is 4. The second-order valence-electron chi connectivity index (χ2n) is 6.24. The van der Waals surface area contributed by atoms with Crippen LogP contribution in [0.25, 0.3) is 0 Å². The molecule has 0 atom stereocenters. The fourth-order valence-electron chi connectivity index (χ4n) is 2.74. The van der Waals surface area contributed by atoms with E-state index >= 15 is 0 Å². The summed E-state index contributed by atoms with van der Waals surface area (Å²) in [7, 11) is 0. The second-order valence-corrected chi connectivity index (χ2v) is 6.24. The number of carboxylic acid groups (broad SMARTS) is 1. The van der Waals surface area contributed by atoms with Gasteiger partial charge in [-0.15, -0.1) is 0 Å². The van der Waals surface area contributed by atoms with Crippen LogP contribution in [0, 0.1) is 12.3 Å². The number of carbonyl (C=O) groups excluding carboxylic acids is 1. The lowest BCUT2D eigenvalue weighted by Crippen LogP contribution is -2.45. The molecule has 1 amide bonds. The lowest BCUT2D eigenvalue weighted by Gasteiger charge is -2.36. The summed E-state index contributed by atoms with van der Waals surface area (Å²) in [6.07, 6.45) is 2.32. The molecule has 1 aromatic rings. The molecule has 1 aliphatic heterocycles. The Kier molecular flexibility index (Phi) is 4.66. The van der Waals surface area contributed by atoms with Crippen molar-refractivity contribution in [2.24, 2.45) is 5.41 Å². The van der Waals surface area contributed by atoms with Crippen LogP contribution in [0.5, 0.6) is 0 Å². The average Bonchev–Trinajstić information content (AvgIpc) is 2.45. The van der Waals surface area contributed by atoms with Gasteiger partial charge in [0.25, 0.3) is 0 Å². The van der Waals surface area contributed by atoms with Crippen LogP contribution in [0.1, 0.15) is 37.3 Å². The average molecular weight is 289 g/mol. The van der Waals surface area contributed by atoms with Crippen molar-refractivity contribution in [3.05, 3.63) is 35.4 Å². The maximum Gasteiger partial charge on any atom is 0.309 e. The fraction of sp³-hybridized carbons (Fsp3) is 0.529. The molecular formula is C17H23NO3. The van der Waals surface area contributed by atoms with Gasteiger partial charge in [-0.1, -0.05) is 29.8 Å². The molecule has 2 rings (SSSR count). The van der Waals surface area contributed by atoms with Gasteiger partial charge in [-0.3, -0.25) is 9.59 Å². The number of nitrogens with zero attached hydrogens (tertiary/aromatic N) is 1. The van der Waals surface area contributed by atoms with E-state index in [9.17, 15) is 14.7 Å². The predicted octanol–water partition coefficient (Wildman–Crippen LogP) is 2.64. The van der Waals surface area contributed by atoms with Crippen molar-refractivity contribution in [3.8, 4) is 0 Å². The van der Waals surface area contributed by atoms with Crippen molar-refractivity contribution in [2.75, 3.05) is 13.1 Å². The molecule has 1 aliphatic rings. The van der Waals surface area contributed by atoms with Crippen LogP contribution in [0.2, 0.25) is 0 Å². The van der Waals surface area contributed by atoms with Gasteiger partial charge in [-0.2, -0.15) is 0 Å². The number of carbonyl (C=O) groups is 2. The number of piperidine rings is 1. The SMILES string of the molecule is Cc1cccc(CCC(=O)N2CCC(C)(C(=O)O)CC2)c1. The van der Waals surface area contributed by atoms with Gasteiger partial charge in [0.05, 0.1) is 5.41 Å². The Labute approximate surface area is 125 Å². The molecule has 0 spiro atoms. The van der Waals surface area contributed by atoms with Crippen molar-refractivity contribution >= 4 is 11.9 Å². The van der Waals surface area contributed by atoms with Gasteiger partial charge in [0.15, 0.2) is 0 Å². The van der Waals surface area contributed by atoms with Crippen LogP contribution in [0.15, 0.2) is 24.3 Å². The maximum absolute atomic E-state index is 12.2. The number of aryl methyl sites for hydroxylation is 2. The Bertz CT molecular complexity index is 531. The minimum absolute atomic E-state index is 0.129. The second kappa shape index (κ2) is 6.29. The molecular weight excluding hydrogens is 266 g/mol. The molecule has 0 saturated carbocycles. The van der Waals surface area contributed by atoms with Crippen LogP contribution < -0.4 is 0 Å². The number of carboxylic acids is 1. The van der Waals surface area contributed by atoms with Gasteiger partial charge in [0.1, 0.15) is 0 Å². The first-order valence-corrected chi connectivity index (χ1v) is 7.47. The highest BCUT2D eigenvalue weighted by Gasteiger charge is 2.37. The van der Waals surface area contributed by atoms with Gasteiger partial charge >= 0.3 is 5.97 Å². The van der Waals surface area contributed by atoms with Gasteiger partial charge in [-0.05, 0) is 38.7 Å². The van der Waals surface area contributed by atoms with Crippen LogP contribution in [0.3, 0.4) is 0 Å². The molecule has 4 nitrogen and oxygen atoms in total. The normalized spacial score (nSPS) is 17.5. The minimum Gasteiger partial charge on any atom is -0.481 e. The topological polar surface area (TPSA) is 57.6 Å². The summed E-state index contributed by atoms with van der Waals surface area (Å²) in [4.78, 5) is 25.2. The first-order chi connectivity index (χ1) is 9.90. The van der Waals surface area contributed by atoms with Crippen LogP contribution >= 0.6 is 0 Å². The van der Waals surface area contributed by atoms with Crippen LogP contribution in [0.4, 0.5) is 0 Å². The van der Waals surface area contributed by atoms with Crippen molar-refractivity contribution in [3.63, 3.8) is 0 Å². The number of likely N-dealkylation sites (tertiary alicyclic amines) is 1. The lowest BCUT2D eigenvalue weighted by molar-refractivity contribution is -0.153. The molecule has 21 heavy (non-hydrogen) atoms. The molecule has 1 aromatic carbocycles. The van der Waals surface area contributed by atoms with Gasteiger partial charge in [-0.25, -0.2) is 0 Å². The van der Waals surface area contributed by atoms with E-state index in [1.54, 1.807) is 11.8 Å². The molecule has 1 heterocycles. The van der Waals surface area contributed by atoms with Crippen molar-refractivity contribution in [1.29, 1.82) is 0 Å². The smallest absolute Gasteiger partial charge is 0.309 e. The fourth-order valence-corrected chi connectivity index (χ4v) is 2.74. The summed E-state index contributed by atoms with van der Waals surface area (Å²) in [5.74, 6) is -0.627. The highest BCUT2D eigenvalue weighted by atomic mass is 16.4. The Hall–Kier alpha value is -1.84. The predicted molar refractivity (Wildman–Crippen MR) is 81.1 cm³/mol. The van der Waals surface area contributed by atoms with Crippen LogP contribution in [-0.4, -0.2) is 35.0 Å². The molecule has 4 heteroatoms. The Morgan fingerprint density at radius 2 is 1.95 bits per heavy atom. The summed E-state index contributed by atoms with van der Waals surface area (Å²) in [5.41, 5.74) is 1.71. The molecule has 0 radical (unpaired) electrons. The summed E-state index contributed by atoms with van der Waals surface area (Å²) >= 11 is 0. The zero-order chi connectivity index (χ0) is 15.5. The molecule has 0 aliphatic carbocycles. The van der Waals surface area contributed by atoms with Crippen molar-refractivity contribution in [1.82, 2.24) is 4.90 Å². The quantitative estimate of drug-likeness (QED) is 0.927. The van der Waals surface area contributed by atoms with E-state index < -0.39 is 11.4 Å². The third-order valence-corrected chi connectivity index (χ3v) is 4.45. The molecule has 1 fully saturated rings. The number of hydrogen-bond donors (Lipinski definition) is 1. The highest BCUT2D eigenvalue weighted by molar-refractivity contribution is 5.78. The number of amides is 1. The number of hydrogen-bond acceptors (Lipinski definition) is 2. The summed E-state index contributed by atoms with van der Waals surface area (Å²) in [6, 6.07) is 8.19. The van der Waals surface area contributed by atoms with Crippen LogP contribution in [-0.2, 0) is 16.0 Å². The molecule has 1 saturated heterocycles. The van der Waals surface area contributed by atoms with Gasteiger partial charge in [0, 0.05) is 19.5 Å². The van der Waals surface area contributed by atoms with E-state index in [-0.39, 0.29) is 5.91 Å². The van der Waals surface area contributed by atoms with Gasteiger partial charge in [0.2, 0.25) is 5.91 Å². The summed E-state index contributed by atoms with van der Waals surface area (Å²) in [5, 5.41) is 9.20.